The summed E-state index contributed by atoms with van der Waals surface area (Å²) in [7, 11) is 0. The van der Waals surface area contributed by atoms with Crippen molar-refractivity contribution in [2.45, 2.75) is 44.6 Å². The Morgan fingerprint density at radius 3 is 2.91 bits per heavy atom. The molecule has 0 spiro atoms. The zero-order chi connectivity index (χ0) is 24.4. The fourth-order valence-corrected chi connectivity index (χ4v) is 5.60. The van der Waals surface area contributed by atoms with Crippen molar-refractivity contribution in [1.29, 1.82) is 0 Å². The van der Waals surface area contributed by atoms with Crippen LogP contribution in [0.4, 0.5) is 15.8 Å². The van der Waals surface area contributed by atoms with E-state index < -0.39 is 0 Å². The molecule has 3 unspecified atom stereocenters. The van der Waals surface area contributed by atoms with Crippen LogP contribution >= 0.6 is 0 Å². The molecule has 1 saturated heterocycles. The van der Waals surface area contributed by atoms with Gasteiger partial charge in [-0.25, -0.2) is 4.39 Å². The molecule has 0 radical (unpaired) electrons. The minimum absolute atomic E-state index is 0.153. The number of anilines is 2. The van der Waals surface area contributed by atoms with Gasteiger partial charge in [-0.1, -0.05) is 6.92 Å². The van der Waals surface area contributed by atoms with Crippen LogP contribution in [-0.2, 0) is 0 Å². The molecule has 184 valence electrons. The minimum atomic E-state index is -0.383. The van der Waals surface area contributed by atoms with Gasteiger partial charge in [0.05, 0.1) is 34.8 Å². The minimum Gasteiger partial charge on any atom is -0.369 e. The van der Waals surface area contributed by atoms with Crippen molar-refractivity contribution < 1.29 is 9.18 Å². The molecule has 35 heavy (non-hydrogen) atoms. The molecule has 1 aliphatic heterocycles. The molecule has 5 rings (SSSR count). The lowest BCUT2D eigenvalue weighted by Gasteiger charge is -2.32. The van der Waals surface area contributed by atoms with Gasteiger partial charge in [-0.2, -0.15) is 0 Å². The van der Waals surface area contributed by atoms with Crippen LogP contribution in [0.2, 0.25) is 0 Å². The van der Waals surface area contributed by atoms with E-state index >= 15 is 0 Å². The summed E-state index contributed by atoms with van der Waals surface area (Å²) in [5.74, 6) is 0.0865. The lowest BCUT2D eigenvalue weighted by Crippen LogP contribution is -2.31. The van der Waals surface area contributed by atoms with Gasteiger partial charge in [0.1, 0.15) is 5.82 Å². The molecule has 1 saturated carbocycles. The molecule has 8 heteroatoms. The van der Waals surface area contributed by atoms with E-state index in [1.54, 1.807) is 24.7 Å². The first kappa shape index (κ1) is 23.6. The van der Waals surface area contributed by atoms with E-state index in [0.29, 0.717) is 28.1 Å². The fraction of sp³-hybridized carbons (Fsp3) is 0.444. The van der Waals surface area contributed by atoms with E-state index in [-0.39, 0.29) is 23.7 Å². The number of rotatable bonds is 4. The summed E-state index contributed by atoms with van der Waals surface area (Å²) < 4.78 is 14.8. The predicted octanol–water partition coefficient (Wildman–Crippen LogP) is 4.05. The molecular formula is C27H33FN6O. The van der Waals surface area contributed by atoms with E-state index in [2.05, 4.69) is 32.4 Å². The van der Waals surface area contributed by atoms with Gasteiger partial charge in [-0.15, -0.1) is 0 Å². The average molecular weight is 477 g/mol. The molecular weight excluding hydrogens is 443 g/mol. The normalized spacial score (nSPS) is 23.2. The highest BCUT2D eigenvalue weighted by Gasteiger charge is 2.28. The Morgan fingerprint density at radius 2 is 2.06 bits per heavy atom. The molecule has 2 aliphatic rings. The van der Waals surface area contributed by atoms with Crippen molar-refractivity contribution in [3.8, 4) is 0 Å². The van der Waals surface area contributed by atoms with Crippen LogP contribution in [0.1, 0.15) is 54.4 Å². The third-order valence-corrected chi connectivity index (χ3v) is 7.25. The third-order valence-electron chi connectivity index (χ3n) is 7.25. The SMILES string of the molecule is CC1CC(N)CC(c2ccncc2NC(=O)c2ccc(F)c3cc(N4CCCNCC4)cnc23)C1. The number of pyridine rings is 2. The second kappa shape index (κ2) is 10.3. The lowest BCUT2D eigenvalue weighted by atomic mass is 9.76. The summed E-state index contributed by atoms with van der Waals surface area (Å²) in [5.41, 5.74) is 9.59. The second-order valence-corrected chi connectivity index (χ2v) is 9.96. The lowest BCUT2D eigenvalue weighted by molar-refractivity contribution is 0.102. The van der Waals surface area contributed by atoms with Gasteiger partial charge >= 0.3 is 0 Å². The Bertz CT molecular complexity index is 1200. The molecule has 7 nitrogen and oxygen atoms in total. The number of nitrogens with two attached hydrogens (primary N) is 1. The van der Waals surface area contributed by atoms with Crippen LogP contribution in [0.5, 0.6) is 0 Å². The largest absolute Gasteiger partial charge is 0.369 e. The number of carbonyl (C=O) groups excluding carboxylic acids is 1. The van der Waals surface area contributed by atoms with E-state index in [4.69, 9.17) is 5.73 Å². The molecule has 0 bridgehead atoms. The van der Waals surface area contributed by atoms with Crippen molar-refractivity contribution >= 4 is 28.2 Å². The maximum Gasteiger partial charge on any atom is 0.257 e. The maximum absolute atomic E-state index is 14.8. The molecule has 3 aromatic rings. The second-order valence-electron chi connectivity index (χ2n) is 9.96. The topological polar surface area (TPSA) is 96.2 Å². The van der Waals surface area contributed by atoms with Crippen LogP contribution in [-0.4, -0.2) is 48.1 Å². The molecule has 1 amide bonds. The van der Waals surface area contributed by atoms with Gasteiger partial charge in [0.2, 0.25) is 0 Å². The molecule has 1 aromatic carbocycles. The smallest absolute Gasteiger partial charge is 0.257 e. The molecule has 1 aliphatic carbocycles. The van der Waals surface area contributed by atoms with Crippen LogP contribution in [0, 0.1) is 11.7 Å². The number of aromatic nitrogens is 2. The third kappa shape index (κ3) is 5.13. The van der Waals surface area contributed by atoms with Crippen molar-refractivity contribution in [2.24, 2.45) is 11.7 Å². The predicted molar refractivity (Wildman–Crippen MR) is 137 cm³/mol. The van der Waals surface area contributed by atoms with E-state index in [9.17, 15) is 9.18 Å². The molecule has 3 heterocycles. The van der Waals surface area contributed by atoms with Crippen molar-refractivity contribution in [2.75, 3.05) is 36.4 Å². The van der Waals surface area contributed by atoms with Gasteiger partial charge in [0.25, 0.3) is 5.91 Å². The number of fused-ring (bicyclic) bond motifs is 1. The Morgan fingerprint density at radius 1 is 1.17 bits per heavy atom. The molecule has 4 N–H and O–H groups in total. The number of nitrogens with zero attached hydrogens (tertiary/aromatic N) is 3. The summed E-state index contributed by atoms with van der Waals surface area (Å²) in [5, 5.41) is 6.76. The Kier molecular flexibility index (Phi) is 6.92. The summed E-state index contributed by atoms with van der Waals surface area (Å²) >= 11 is 0. The van der Waals surface area contributed by atoms with Gasteiger partial charge < -0.3 is 21.3 Å². The van der Waals surface area contributed by atoms with Crippen molar-refractivity contribution in [1.82, 2.24) is 15.3 Å². The summed E-state index contributed by atoms with van der Waals surface area (Å²) in [6.07, 6.45) is 9.12. The quantitative estimate of drug-likeness (QED) is 0.526. The van der Waals surface area contributed by atoms with Crippen LogP contribution in [0.15, 0.2) is 42.9 Å². The molecule has 2 aromatic heterocycles. The summed E-state index contributed by atoms with van der Waals surface area (Å²) in [6.45, 7) is 5.79. The van der Waals surface area contributed by atoms with Gasteiger partial charge in [0, 0.05) is 37.3 Å². The van der Waals surface area contributed by atoms with Crippen molar-refractivity contribution in [3.05, 3.63) is 59.8 Å². The number of carbonyl (C=O) groups is 1. The van der Waals surface area contributed by atoms with Gasteiger partial charge in [-0.3, -0.25) is 14.8 Å². The Labute approximate surface area is 205 Å². The van der Waals surface area contributed by atoms with Gasteiger partial charge in [0.15, 0.2) is 0 Å². The van der Waals surface area contributed by atoms with E-state index in [1.165, 1.54) is 12.1 Å². The number of hydrogen-bond acceptors (Lipinski definition) is 6. The highest BCUT2D eigenvalue weighted by molar-refractivity contribution is 6.12. The first-order chi connectivity index (χ1) is 17.0. The highest BCUT2D eigenvalue weighted by atomic mass is 19.1. The van der Waals surface area contributed by atoms with Crippen LogP contribution < -0.4 is 21.3 Å². The number of nitrogens with one attached hydrogen (secondary N) is 2. The summed E-state index contributed by atoms with van der Waals surface area (Å²) in [4.78, 5) is 24.4. The zero-order valence-electron chi connectivity index (χ0n) is 20.1. The summed E-state index contributed by atoms with van der Waals surface area (Å²) in [6, 6.07) is 6.77. The number of halogens is 1. The fourth-order valence-electron chi connectivity index (χ4n) is 5.60. The van der Waals surface area contributed by atoms with Crippen LogP contribution in [0.3, 0.4) is 0 Å². The zero-order valence-corrected chi connectivity index (χ0v) is 20.1. The van der Waals surface area contributed by atoms with E-state index in [1.807, 2.05) is 6.07 Å². The highest BCUT2D eigenvalue weighted by Crippen LogP contribution is 2.38. The van der Waals surface area contributed by atoms with Crippen molar-refractivity contribution in [3.63, 3.8) is 0 Å². The standard InChI is InChI=1S/C27H33FN6O/c1-17-11-18(13-19(29)12-17)21-5-7-31-16-25(21)33-27(35)22-3-4-24(28)23-14-20(15-32-26(22)23)34-9-2-6-30-8-10-34/h3-5,7,14-19,30H,2,6,8-13,29H2,1H3,(H,33,35). The first-order valence-corrected chi connectivity index (χ1v) is 12.5. The van der Waals surface area contributed by atoms with Gasteiger partial charge in [-0.05, 0) is 73.9 Å². The van der Waals surface area contributed by atoms with Crippen LogP contribution in [0.25, 0.3) is 10.9 Å². The Balaban J connectivity index is 1.43. The number of benzene rings is 1. The Hall–Kier alpha value is -3.10. The number of amides is 1. The van der Waals surface area contributed by atoms with E-state index in [0.717, 1.165) is 63.1 Å². The maximum atomic E-state index is 14.8. The average Bonchev–Trinajstić information content (AvgIpc) is 3.13. The molecule has 3 atom stereocenters. The monoisotopic (exact) mass is 476 g/mol. The first-order valence-electron chi connectivity index (χ1n) is 12.5. The number of hydrogen-bond donors (Lipinski definition) is 3. The molecule has 2 fully saturated rings.